The molecular formula is C17H11F3N4O2. The summed E-state index contributed by atoms with van der Waals surface area (Å²) in [5, 5.41) is 9.61. The summed E-state index contributed by atoms with van der Waals surface area (Å²) in [5.41, 5.74) is -0.708. The molecule has 2 N–H and O–H groups in total. The molecule has 0 bridgehead atoms. The highest BCUT2D eigenvalue weighted by atomic mass is 19.4. The Bertz CT molecular complexity index is 1090. The average Bonchev–Trinajstić information content (AvgIpc) is 3.18. The summed E-state index contributed by atoms with van der Waals surface area (Å²) in [4.78, 5) is 23.8. The van der Waals surface area contributed by atoms with Crippen molar-refractivity contribution in [2.75, 3.05) is 12.4 Å². The first-order valence-electron chi connectivity index (χ1n) is 7.57. The predicted octanol–water partition coefficient (Wildman–Crippen LogP) is 2.97. The Kier molecular flexibility index (Phi) is 3.30. The summed E-state index contributed by atoms with van der Waals surface area (Å²) in [6.45, 7) is 0. The zero-order valence-electron chi connectivity index (χ0n) is 13.3. The lowest BCUT2D eigenvalue weighted by Crippen LogP contribution is -2.23. The molecule has 0 radical (unpaired) electrons. The molecule has 6 nitrogen and oxygen atoms in total. The molecule has 0 spiro atoms. The average molecular weight is 360 g/mol. The number of alkyl halides is 3. The molecule has 0 atom stereocenters. The smallest absolute Gasteiger partial charge is 0.355 e. The predicted molar refractivity (Wildman–Crippen MR) is 87.4 cm³/mol. The molecule has 2 heterocycles. The van der Waals surface area contributed by atoms with Crippen molar-refractivity contribution in [3.63, 3.8) is 0 Å². The summed E-state index contributed by atoms with van der Waals surface area (Å²) in [7, 11) is 1.25. The normalized spacial score (nSPS) is 13.2. The molecule has 0 unspecified atom stereocenters. The molecule has 1 aliphatic heterocycles. The van der Waals surface area contributed by atoms with Crippen LogP contribution in [-0.2, 0) is 6.18 Å². The lowest BCUT2D eigenvalue weighted by atomic mass is 10.0. The molecule has 3 aromatic rings. The number of aromatic nitrogens is 2. The van der Waals surface area contributed by atoms with E-state index in [1.807, 2.05) is 0 Å². The molecule has 132 valence electrons. The second kappa shape index (κ2) is 5.32. The summed E-state index contributed by atoms with van der Waals surface area (Å²) in [5.74, 6) is -1.20. The molecule has 0 saturated heterocycles. The van der Waals surface area contributed by atoms with Crippen LogP contribution in [0.2, 0.25) is 0 Å². The third kappa shape index (κ3) is 2.17. The number of amides is 2. The maximum Gasteiger partial charge on any atom is 0.434 e. The van der Waals surface area contributed by atoms with E-state index >= 15 is 0 Å². The first kappa shape index (κ1) is 16.1. The largest absolute Gasteiger partial charge is 0.434 e. The number of nitrogens with one attached hydrogen (secondary N) is 2. The van der Waals surface area contributed by atoms with Gasteiger partial charge in [-0.2, -0.15) is 18.3 Å². The van der Waals surface area contributed by atoms with E-state index in [-0.39, 0.29) is 11.6 Å². The van der Waals surface area contributed by atoms with Crippen molar-refractivity contribution in [1.82, 2.24) is 15.1 Å². The molecule has 4 rings (SSSR count). The van der Waals surface area contributed by atoms with Crippen LogP contribution in [0.25, 0.3) is 16.5 Å². The zero-order valence-corrected chi connectivity index (χ0v) is 13.3. The van der Waals surface area contributed by atoms with E-state index in [0.29, 0.717) is 26.7 Å². The van der Waals surface area contributed by atoms with Crippen LogP contribution in [-0.4, -0.2) is 28.6 Å². The monoisotopic (exact) mass is 360 g/mol. The van der Waals surface area contributed by atoms with Gasteiger partial charge in [0.05, 0.1) is 17.4 Å². The summed E-state index contributed by atoms with van der Waals surface area (Å²) >= 11 is 0. The van der Waals surface area contributed by atoms with Gasteiger partial charge < -0.3 is 10.6 Å². The number of carbonyl (C=O) groups is 2. The van der Waals surface area contributed by atoms with Crippen LogP contribution in [0.3, 0.4) is 0 Å². The summed E-state index contributed by atoms with van der Waals surface area (Å²) in [6.07, 6.45) is -3.91. The van der Waals surface area contributed by atoms with Crippen molar-refractivity contribution in [3.8, 4) is 5.69 Å². The highest BCUT2D eigenvalue weighted by Gasteiger charge is 2.41. The minimum absolute atomic E-state index is 0.129. The molecule has 0 aliphatic carbocycles. The Morgan fingerprint density at radius 1 is 1.23 bits per heavy atom. The number of hydrogen-bond donors (Lipinski definition) is 2. The van der Waals surface area contributed by atoms with Gasteiger partial charge in [0, 0.05) is 29.1 Å². The van der Waals surface area contributed by atoms with Gasteiger partial charge in [-0.3, -0.25) is 9.59 Å². The van der Waals surface area contributed by atoms with Crippen LogP contribution in [0, 0.1) is 0 Å². The minimum Gasteiger partial charge on any atom is -0.355 e. The Hall–Kier alpha value is -3.36. The van der Waals surface area contributed by atoms with Gasteiger partial charge in [-0.15, -0.1) is 0 Å². The van der Waals surface area contributed by atoms with E-state index in [0.717, 1.165) is 6.20 Å². The highest BCUT2D eigenvalue weighted by Crippen LogP contribution is 2.39. The fourth-order valence-corrected chi connectivity index (χ4v) is 3.16. The van der Waals surface area contributed by atoms with Crippen LogP contribution in [0.5, 0.6) is 0 Å². The van der Waals surface area contributed by atoms with Gasteiger partial charge in [0.2, 0.25) is 0 Å². The van der Waals surface area contributed by atoms with E-state index < -0.39 is 23.3 Å². The number of carbonyl (C=O) groups excluding carboxylic acids is 2. The molecule has 0 fully saturated rings. The SMILES string of the molecule is CNC(=O)c1cnn(-c2ccc3c4c(cccc24)C(=O)N3)c1C(F)(F)F. The number of hydrogen-bond acceptors (Lipinski definition) is 3. The molecule has 26 heavy (non-hydrogen) atoms. The molecule has 0 saturated carbocycles. The number of halogens is 3. The van der Waals surface area contributed by atoms with Gasteiger partial charge in [0.25, 0.3) is 11.8 Å². The van der Waals surface area contributed by atoms with E-state index in [9.17, 15) is 22.8 Å². The first-order valence-corrected chi connectivity index (χ1v) is 7.57. The van der Waals surface area contributed by atoms with E-state index in [1.165, 1.54) is 19.2 Å². The number of benzene rings is 2. The quantitative estimate of drug-likeness (QED) is 0.738. The van der Waals surface area contributed by atoms with Gasteiger partial charge in [-0.1, -0.05) is 12.1 Å². The minimum atomic E-state index is -4.80. The van der Waals surface area contributed by atoms with E-state index in [1.54, 1.807) is 18.2 Å². The number of anilines is 1. The molecular weight excluding hydrogens is 349 g/mol. The molecule has 2 aromatic carbocycles. The molecule has 1 aromatic heterocycles. The topological polar surface area (TPSA) is 76.0 Å². The van der Waals surface area contributed by atoms with Crippen molar-refractivity contribution < 1.29 is 22.8 Å². The Balaban J connectivity index is 2.04. The Labute approximate surface area is 144 Å². The van der Waals surface area contributed by atoms with Crippen LogP contribution in [0.1, 0.15) is 26.4 Å². The molecule has 9 heteroatoms. The standard InChI is InChI=1S/C17H11F3N4O2/c1-21-15(25)10-7-22-24(14(10)17(18,19)20)12-6-5-11-13-8(12)3-2-4-9(13)16(26)23-11/h2-7H,1H3,(H,21,25)(H,23,26). The van der Waals surface area contributed by atoms with Crippen molar-refractivity contribution in [2.45, 2.75) is 6.18 Å². The molecule has 1 aliphatic rings. The second-order valence-electron chi connectivity index (χ2n) is 5.71. The Morgan fingerprint density at radius 2 is 2.00 bits per heavy atom. The van der Waals surface area contributed by atoms with Crippen molar-refractivity contribution in [3.05, 3.63) is 53.3 Å². The third-order valence-electron chi connectivity index (χ3n) is 4.25. The van der Waals surface area contributed by atoms with E-state index in [2.05, 4.69) is 15.7 Å². The van der Waals surface area contributed by atoms with E-state index in [4.69, 9.17) is 0 Å². The third-order valence-corrected chi connectivity index (χ3v) is 4.25. The summed E-state index contributed by atoms with van der Waals surface area (Å²) in [6, 6.07) is 7.75. The fraction of sp³-hybridized carbons (Fsp3) is 0.118. The van der Waals surface area contributed by atoms with Gasteiger partial charge in [0.1, 0.15) is 0 Å². The van der Waals surface area contributed by atoms with Gasteiger partial charge in [-0.25, -0.2) is 4.68 Å². The Morgan fingerprint density at radius 3 is 2.69 bits per heavy atom. The lowest BCUT2D eigenvalue weighted by Gasteiger charge is -2.14. The highest BCUT2D eigenvalue weighted by molar-refractivity contribution is 6.25. The van der Waals surface area contributed by atoms with Gasteiger partial charge in [-0.05, 0) is 18.2 Å². The van der Waals surface area contributed by atoms with Crippen molar-refractivity contribution >= 4 is 28.3 Å². The number of rotatable bonds is 2. The fourth-order valence-electron chi connectivity index (χ4n) is 3.16. The second-order valence-corrected chi connectivity index (χ2v) is 5.71. The van der Waals surface area contributed by atoms with Crippen LogP contribution < -0.4 is 10.6 Å². The maximum atomic E-state index is 13.7. The first-order chi connectivity index (χ1) is 12.3. The molecule has 2 amide bonds. The zero-order chi connectivity index (χ0) is 18.6. The van der Waals surface area contributed by atoms with Crippen molar-refractivity contribution in [2.24, 2.45) is 0 Å². The maximum absolute atomic E-state index is 13.7. The van der Waals surface area contributed by atoms with Gasteiger partial charge >= 0.3 is 6.18 Å². The van der Waals surface area contributed by atoms with Gasteiger partial charge in [0.15, 0.2) is 5.69 Å². The van der Waals surface area contributed by atoms with Crippen molar-refractivity contribution in [1.29, 1.82) is 0 Å². The lowest BCUT2D eigenvalue weighted by molar-refractivity contribution is -0.143. The number of nitrogens with zero attached hydrogens (tertiary/aromatic N) is 2. The van der Waals surface area contributed by atoms with Crippen LogP contribution in [0.15, 0.2) is 36.5 Å². The van der Waals surface area contributed by atoms with Crippen LogP contribution >= 0.6 is 0 Å². The van der Waals surface area contributed by atoms with Crippen LogP contribution in [0.4, 0.5) is 18.9 Å². The summed E-state index contributed by atoms with van der Waals surface area (Å²) < 4.78 is 41.6.